The molecular formula is C18H28ClNO. The highest BCUT2D eigenvalue weighted by atomic mass is 35.5. The highest BCUT2D eigenvalue weighted by Gasteiger charge is 2.35. The van der Waals surface area contributed by atoms with Gasteiger partial charge in [0.2, 0.25) is 0 Å². The summed E-state index contributed by atoms with van der Waals surface area (Å²) in [6, 6.07) is 7.99. The highest BCUT2D eigenvalue weighted by Crippen LogP contribution is 2.36. The summed E-state index contributed by atoms with van der Waals surface area (Å²) in [5.74, 6) is 0.884. The van der Waals surface area contributed by atoms with Crippen molar-refractivity contribution in [2.45, 2.75) is 58.2 Å². The van der Waals surface area contributed by atoms with Crippen molar-refractivity contribution in [2.75, 3.05) is 13.1 Å². The number of halogens is 1. The van der Waals surface area contributed by atoms with Crippen LogP contribution in [0, 0.1) is 5.92 Å². The lowest BCUT2D eigenvalue weighted by atomic mass is 9.77. The molecule has 0 aromatic heterocycles. The van der Waals surface area contributed by atoms with Gasteiger partial charge in [0.25, 0.3) is 0 Å². The van der Waals surface area contributed by atoms with E-state index < -0.39 is 0 Å². The van der Waals surface area contributed by atoms with Gasteiger partial charge in [0, 0.05) is 11.6 Å². The molecule has 1 aromatic rings. The molecule has 1 aliphatic rings. The van der Waals surface area contributed by atoms with E-state index in [0.29, 0.717) is 6.61 Å². The molecule has 0 bridgehead atoms. The molecule has 1 N–H and O–H groups in total. The van der Waals surface area contributed by atoms with Crippen LogP contribution in [0.5, 0.6) is 0 Å². The molecule has 0 heterocycles. The second kappa shape index (κ2) is 8.17. The zero-order valence-electron chi connectivity index (χ0n) is 13.3. The molecule has 118 valence electrons. The van der Waals surface area contributed by atoms with Gasteiger partial charge in [-0.2, -0.15) is 0 Å². The van der Waals surface area contributed by atoms with E-state index in [1.165, 1.54) is 32.1 Å². The van der Waals surface area contributed by atoms with Gasteiger partial charge < -0.3 is 10.1 Å². The third-order valence-corrected chi connectivity index (χ3v) is 4.96. The van der Waals surface area contributed by atoms with Gasteiger partial charge in [-0.1, -0.05) is 44.0 Å². The van der Waals surface area contributed by atoms with Gasteiger partial charge in [0.15, 0.2) is 0 Å². The maximum absolute atomic E-state index is 6.39. The predicted octanol–water partition coefficient (Wildman–Crippen LogP) is 4.81. The third kappa shape index (κ3) is 4.98. The zero-order chi connectivity index (χ0) is 15.1. The minimum Gasteiger partial charge on any atom is -0.369 e. The summed E-state index contributed by atoms with van der Waals surface area (Å²) >= 11 is 6.05. The Hall–Kier alpha value is -0.570. The summed E-state index contributed by atoms with van der Waals surface area (Å²) in [6.07, 6.45) is 6.21. The summed E-state index contributed by atoms with van der Waals surface area (Å²) < 4.78 is 6.39. The second-order valence-electron chi connectivity index (χ2n) is 6.23. The Kier molecular flexibility index (Phi) is 6.53. The van der Waals surface area contributed by atoms with Gasteiger partial charge >= 0.3 is 0 Å². The molecule has 1 fully saturated rings. The van der Waals surface area contributed by atoms with Crippen LogP contribution in [0.3, 0.4) is 0 Å². The van der Waals surface area contributed by atoms with Crippen molar-refractivity contribution in [1.82, 2.24) is 5.32 Å². The summed E-state index contributed by atoms with van der Waals surface area (Å²) in [6.45, 7) is 7.07. The van der Waals surface area contributed by atoms with Gasteiger partial charge in [-0.05, 0) is 55.8 Å². The Labute approximate surface area is 134 Å². The fourth-order valence-electron chi connectivity index (χ4n) is 3.20. The lowest BCUT2D eigenvalue weighted by Crippen LogP contribution is -2.45. The number of hydrogen-bond acceptors (Lipinski definition) is 2. The monoisotopic (exact) mass is 309 g/mol. The van der Waals surface area contributed by atoms with Gasteiger partial charge in [0.1, 0.15) is 0 Å². The Bertz CT molecular complexity index is 427. The van der Waals surface area contributed by atoms with E-state index in [1.807, 2.05) is 18.2 Å². The zero-order valence-corrected chi connectivity index (χ0v) is 14.1. The molecule has 1 aliphatic carbocycles. The Morgan fingerprint density at radius 2 is 2.05 bits per heavy atom. The molecule has 0 aliphatic heterocycles. The Morgan fingerprint density at radius 3 is 2.67 bits per heavy atom. The van der Waals surface area contributed by atoms with Crippen LogP contribution in [0.1, 0.15) is 51.5 Å². The van der Waals surface area contributed by atoms with Crippen molar-refractivity contribution in [3.05, 3.63) is 34.9 Å². The van der Waals surface area contributed by atoms with Crippen molar-refractivity contribution < 1.29 is 4.74 Å². The van der Waals surface area contributed by atoms with Crippen LogP contribution in [0.25, 0.3) is 0 Å². The van der Waals surface area contributed by atoms with Gasteiger partial charge in [-0.15, -0.1) is 0 Å². The summed E-state index contributed by atoms with van der Waals surface area (Å²) in [4.78, 5) is 0. The lowest BCUT2D eigenvalue weighted by Gasteiger charge is -2.40. The van der Waals surface area contributed by atoms with E-state index in [2.05, 4.69) is 25.2 Å². The number of nitrogens with one attached hydrogen (secondary N) is 1. The molecule has 1 aromatic carbocycles. The molecule has 0 spiro atoms. The molecule has 0 amide bonds. The minimum atomic E-state index is 0.00397. The van der Waals surface area contributed by atoms with Crippen LogP contribution in [-0.4, -0.2) is 18.7 Å². The van der Waals surface area contributed by atoms with Crippen LogP contribution < -0.4 is 5.32 Å². The third-order valence-electron chi connectivity index (χ3n) is 4.72. The normalized spacial score (nSPS) is 26.0. The predicted molar refractivity (Wildman–Crippen MR) is 89.8 cm³/mol. The average molecular weight is 310 g/mol. The van der Waals surface area contributed by atoms with Gasteiger partial charge in [-0.3, -0.25) is 0 Å². The molecule has 0 atom stereocenters. The molecule has 1 saturated carbocycles. The number of rotatable bonds is 7. The largest absolute Gasteiger partial charge is 0.369 e. The van der Waals surface area contributed by atoms with Crippen LogP contribution in [0.15, 0.2) is 24.3 Å². The van der Waals surface area contributed by atoms with E-state index in [-0.39, 0.29) is 5.60 Å². The van der Waals surface area contributed by atoms with Crippen molar-refractivity contribution >= 4 is 11.6 Å². The average Bonchev–Trinajstić information content (AvgIpc) is 2.52. The van der Waals surface area contributed by atoms with Gasteiger partial charge in [0.05, 0.1) is 12.2 Å². The lowest BCUT2D eigenvalue weighted by molar-refractivity contribution is -0.0860. The van der Waals surface area contributed by atoms with Crippen LogP contribution in [0.2, 0.25) is 5.02 Å². The fraction of sp³-hybridized carbons (Fsp3) is 0.667. The summed E-state index contributed by atoms with van der Waals surface area (Å²) in [5, 5.41) is 4.27. The van der Waals surface area contributed by atoms with Crippen LogP contribution in [-0.2, 0) is 11.3 Å². The molecule has 3 heteroatoms. The first kappa shape index (κ1) is 16.8. The van der Waals surface area contributed by atoms with Gasteiger partial charge in [-0.25, -0.2) is 0 Å². The molecule has 2 rings (SSSR count). The van der Waals surface area contributed by atoms with Crippen LogP contribution in [0.4, 0.5) is 0 Å². The highest BCUT2D eigenvalue weighted by molar-refractivity contribution is 6.30. The summed E-state index contributed by atoms with van der Waals surface area (Å²) in [7, 11) is 0. The molecule has 2 nitrogen and oxygen atoms in total. The second-order valence-corrected chi connectivity index (χ2v) is 6.67. The first-order valence-corrected chi connectivity index (χ1v) is 8.64. The van der Waals surface area contributed by atoms with Crippen molar-refractivity contribution in [3.63, 3.8) is 0 Å². The maximum Gasteiger partial charge on any atom is 0.0811 e. The maximum atomic E-state index is 6.39. The van der Waals surface area contributed by atoms with E-state index in [0.717, 1.165) is 29.6 Å². The fourth-order valence-corrected chi connectivity index (χ4v) is 3.41. The molecule has 0 saturated heterocycles. The Balaban J connectivity index is 1.96. The smallest absolute Gasteiger partial charge is 0.0811 e. The van der Waals surface area contributed by atoms with E-state index in [4.69, 9.17) is 16.3 Å². The number of hydrogen-bond donors (Lipinski definition) is 1. The molecule has 0 unspecified atom stereocenters. The quantitative estimate of drug-likeness (QED) is 0.780. The number of benzene rings is 1. The minimum absolute atomic E-state index is 0.00397. The Morgan fingerprint density at radius 1 is 1.29 bits per heavy atom. The topological polar surface area (TPSA) is 21.3 Å². The van der Waals surface area contributed by atoms with Crippen molar-refractivity contribution in [3.8, 4) is 0 Å². The van der Waals surface area contributed by atoms with Crippen LogP contribution >= 0.6 is 11.6 Å². The SMILES string of the molecule is CCNCC1(OCc2cccc(Cl)c2)CCC(CC)CC1. The number of ether oxygens (including phenoxy) is 1. The molecular weight excluding hydrogens is 282 g/mol. The first-order valence-electron chi connectivity index (χ1n) is 8.26. The number of likely N-dealkylation sites (N-methyl/N-ethyl adjacent to an activating group) is 1. The van der Waals surface area contributed by atoms with E-state index in [1.54, 1.807) is 0 Å². The van der Waals surface area contributed by atoms with Crippen molar-refractivity contribution in [1.29, 1.82) is 0 Å². The first-order chi connectivity index (χ1) is 10.2. The van der Waals surface area contributed by atoms with E-state index in [9.17, 15) is 0 Å². The molecule has 21 heavy (non-hydrogen) atoms. The van der Waals surface area contributed by atoms with E-state index >= 15 is 0 Å². The standard InChI is InChI=1S/C18H28ClNO/c1-3-15-8-10-18(11-9-15,14-20-4-2)21-13-16-6-5-7-17(19)12-16/h5-7,12,15,20H,3-4,8-11,13-14H2,1-2H3. The summed E-state index contributed by atoms with van der Waals surface area (Å²) in [5.41, 5.74) is 1.17. The molecule has 0 radical (unpaired) electrons. The van der Waals surface area contributed by atoms with Crippen molar-refractivity contribution in [2.24, 2.45) is 5.92 Å².